The lowest BCUT2D eigenvalue weighted by molar-refractivity contribution is 0.456. The molecule has 19 heavy (non-hydrogen) atoms. The van der Waals surface area contributed by atoms with Gasteiger partial charge < -0.3 is 4.74 Å². The van der Waals surface area contributed by atoms with Crippen LogP contribution in [0, 0.1) is 12.7 Å². The standard InChI is InChI=1S/C12H12FNO3S2/c1-8-10(13)12(17-9-6-4-3-5-7-9)18-11(8)14-19(2,15)16/h3-7,14H,1-2H3. The molecule has 0 aliphatic heterocycles. The number of anilines is 1. The first-order chi connectivity index (χ1) is 8.87. The van der Waals surface area contributed by atoms with Gasteiger partial charge in [-0.1, -0.05) is 29.5 Å². The fourth-order valence-electron chi connectivity index (χ4n) is 1.39. The number of sulfonamides is 1. The minimum atomic E-state index is -3.44. The Morgan fingerprint density at radius 3 is 2.47 bits per heavy atom. The van der Waals surface area contributed by atoms with E-state index >= 15 is 0 Å². The molecule has 0 radical (unpaired) electrons. The SMILES string of the molecule is Cc1c(NS(C)(=O)=O)sc(Oc2ccccc2)c1F. The van der Waals surface area contributed by atoms with Crippen molar-refractivity contribution < 1.29 is 17.5 Å². The van der Waals surface area contributed by atoms with Gasteiger partial charge >= 0.3 is 0 Å². The molecule has 4 nitrogen and oxygen atoms in total. The number of rotatable bonds is 4. The minimum absolute atomic E-state index is 0.0369. The topological polar surface area (TPSA) is 55.4 Å². The van der Waals surface area contributed by atoms with E-state index in [1.807, 2.05) is 6.07 Å². The second kappa shape index (κ2) is 5.18. The maximum absolute atomic E-state index is 13.9. The Morgan fingerprint density at radius 1 is 1.26 bits per heavy atom. The average molecular weight is 301 g/mol. The lowest BCUT2D eigenvalue weighted by Gasteiger charge is -2.01. The second-order valence-electron chi connectivity index (χ2n) is 3.95. The van der Waals surface area contributed by atoms with Crippen LogP contribution in [0.3, 0.4) is 0 Å². The Bertz CT molecular complexity index is 681. The van der Waals surface area contributed by atoms with Crippen molar-refractivity contribution in [1.29, 1.82) is 0 Å². The summed E-state index contributed by atoms with van der Waals surface area (Å²) in [6, 6.07) is 8.74. The van der Waals surface area contributed by atoms with Crippen LogP contribution in [0.4, 0.5) is 9.39 Å². The van der Waals surface area contributed by atoms with E-state index in [1.54, 1.807) is 24.3 Å². The monoisotopic (exact) mass is 301 g/mol. The zero-order valence-corrected chi connectivity index (χ0v) is 11.9. The Balaban J connectivity index is 2.30. The summed E-state index contributed by atoms with van der Waals surface area (Å²) in [5, 5.41) is 0.265. The smallest absolute Gasteiger partial charge is 0.230 e. The van der Waals surface area contributed by atoms with Gasteiger partial charge in [0, 0.05) is 5.56 Å². The van der Waals surface area contributed by atoms with Crippen LogP contribution < -0.4 is 9.46 Å². The molecule has 0 saturated heterocycles. The molecular formula is C12H12FNO3S2. The Kier molecular flexibility index (Phi) is 3.77. The number of nitrogens with one attached hydrogen (secondary N) is 1. The number of para-hydroxylation sites is 1. The molecule has 0 saturated carbocycles. The molecule has 0 aliphatic rings. The highest BCUT2D eigenvalue weighted by atomic mass is 32.2. The molecule has 0 spiro atoms. The quantitative estimate of drug-likeness (QED) is 0.942. The van der Waals surface area contributed by atoms with Crippen LogP contribution in [0.15, 0.2) is 30.3 Å². The van der Waals surface area contributed by atoms with Gasteiger partial charge in [-0.15, -0.1) is 0 Å². The summed E-state index contributed by atoms with van der Waals surface area (Å²) in [6.07, 6.45) is 1.02. The number of thiophene rings is 1. The first-order valence-corrected chi connectivity index (χ1v) is 8.07. The number of benzene rings is 1. The summed E-state index contributed by atoms with van der Waals surface area (Å²) >= 11 is 0.920. The maximum Gasteiger partial charge on any atom is 0.230 e. The van der Waals surface area contributed by atoms with Gasteiger partial charge in [0.15, 0.2) is 5.82 Å². The van der Waals surface area contributed by atoms with E-state index < -0.39 is 15.8 Å². The van der Waals surface area contributed by atoms with Gasteiger partial charge in [-0.05, 0) is 19.1 Å². The van der Waals surface area contributed by atoms with E-state index in [1.165, 1.54) is 6.92 Å². The highest BCUT2D eigenvalue weighted by Gasteiger charge is 2.19. The molecule has 0 atom stereocenters. The van der Waals surface area contributed by atoms with Crippen molar-refractivity contribution >= 4 is 26.4 Å². The Labute approximate surface area is 114 Å². The van der Waals surface area contributed by atoms with E-state index in [2.05, 4.69) is 4.72 Å². The summed E-state index contributed by atoms with van der Waals surface area (Å²) in [5.41, 5.74) is 0.223. The summed E-state index contributed by atoms with van der Waals surface area (Å²) in [4.78, 5) is 0. The number of hydrogen-bond acceptors (Lipinski definition) is 4. The van der Waals surface area contributed by atoms with Crippen LogP contribution in [0.5, 0.6) is 10.8 Å². The Morgan fingerprint density at radius 2 is 1.89 bits per heavy atom. The normalized spacial score (nSPS) is 11.3. The first-order valence-electron chi connectivity index (χ1n) is 5.36. The average Bonchev–Trinajstić information content (AvgIpc) is 2.57. The summed E-state index contributed by atoms with van der Waals surface area (Å²) in [5.74, 6) is -0.0615. The third kappa shape index (κ3) is 3.45. The van der Waals surface area contributed by atoms with Crippen molar-refractivity contribution in [3.63, 3.8) is 0 Å². The molecule has 102 valence electrons. The molecular weight excluding hydrogens is 289 g/mol. The second-order valence-corrected chi connectivity index (χ2v) is 6.68. The zero-order valence-electron chi connectivity index (χ0n) is 10.3. The molecule has 2 aromatic rings. The van der Waals surface area contributed by atoms with Crippen molar-refractivity contribution in [2.45, 2.75) is 6.92 Å². The van der Waals surface area contributed by atoms with Crippen LogP contribution in [0.2, 0.25) is 0 Å². The van der Waals surface area contributed by atoms with Gasteiger partial charge in [-0.2, -0.15) is 0 Å². The van der Waals surface area contributed by atoms with Gasteiger partial charge in [0.25, 0.3) is 0 Å². The summed E-state index contributed by atoms with van der Waals surface area (Å²) in [7, 11) is -3.44. The molecule has 1 aromatic carbocycles. The molecule has 0 amide bonds. The van der Waals surface area contributed by atoms with Crippen molar-refractivity contribution in [2.24, 2.45) is 0 Å². The molecule has 0 fully saturated rings. The molecule has 7 heteroatoms. The Hall–Kier alpha value is -1.60. The lowest BCUT2D eigenvalue weighted by Crippen LogP contribution is -2.09. The van der Waals surface area contributed by atoms with Gasteiger partial charge in [-0.3, -0.25) is 4.72 Å². The largest absolute Gasteiger partial charge is 0.443 e. The van der Waals surface area contributed by atoms with Crippen LogP contribution in [-0.2, 0) is 10.0 Å². The predicted octanol–water partition coefficient (Wildman–Crippen LogP) is 3.36. The van der Waals surface area contributed by atoms with Crippen LogP contribution >= 0.6 is 11.3 Å². The zero-order chi connectivity index (χ0) is 14.0. The van der Waals surface area contributed by atoms with E-state index in [9.17, 15) is 12.8 Å². The minimum Gasteiger partial charge on any atom is -0.443 e. The van der Waals surface area contributed by atoms with Crippen molar-refractivity contribution in [2.75, 3.05) is 11.0 Å². The lowest BCUT2D eigenvalue weighted by atomic mass is 10.3. The van der Waals surface area contributed by atoms with E-state index in [0.29, 0.717) is 5.75 Å². The van der Waals surface area contributed by atoms with Gasteiger partial charge in [0.2, 0.25) is 15.1 Å². The van der Waals surface area contributed by atoms with E-state index in [4.69, 9.17) is 4.74 Å². The fraction of sp³-hybridized carbons (Fsp3) is 0.167. The van der Waals surface area contributed by atoms with E-state index in [-0.39, 0.29) is 15.6 Å². The maximum atomic E-state index is 13.9. The summed E-state index contributed by atoms with van der Waals surface area (Å²) in [6.45, 7) is 1.50. The number of hydrogen-bond donors (Lipinski definition) is 1. The molecule has 0 aliphatic carbocycles. The predicted molar refractivity (Wildman–Crippen MR) is 74.0 cm³/mol. The molecule has 2 rings (SSSR count). The molecule has 1 aromatic heterocycles. The van der Waals surface area contributed by atoms with Crippen molar-refractivity contribution in [1.82, 2.24) is 0 Å². The fourth-order valence-corrected chi connectivity index (χ4v) is 3.31. The molecule has 1 heterocycles. The molecule has 0 unspecified atom stereocenters. The molecule has 0 bridgehead atoms. The highest BCUT2D eigenvalue weighted by Crippen LogP contribution is 2.40. The van der Waals surface area contributed by atoms with Gasteiger partial charge in [-0.25, -0.2) is 12.8 Å². The highest BCUT2D eigenvalue weighted by molar-refractivity contribution is 7.92. The number of halogens is 1. The first kappa shape index (κ1) is 13.8. The molecule has 1 N–H and O–H groups in total. The van der Waals surface area contributed by atoms with Gasteiger partial charge in [0.05, 0.1) is 6.26 Å². The third-order valence-corrected chi connectivity index (χ3v) is 4.04. The number of ether oxygens (including phenoxy) is 1. The van der Waals surface area contributed by atoms with Crippen molar-refractivity contribution in [3.8, 4) is 10.8 Å². The van der Waals surface area contributed by atoms with Gasteiger partial charge in [0.1, 0.15) is 10.8 Å². The van der Waals surface area contributed by atoms with Crippen LogP contribution in [0.25, 0.3) is 0 Å². The third-order valence-electron chi connectivity index (χ3n) is 2.28. The van der Waals surface area contributed by atoms with E-state index in [0.717, 1.165) is 17.6 Å². The summed E-state index contributed by atoms with van der Waals surface area (Å²) < 4.78 is 43.9. The van der Waals surface area contributed by atoms with Crippen LogP contribution in [0.1, 0.15) is 5.56 Å². The van der Waals surface area contributed by atoms with Crippen molar-refractivity contribution in [3.05, 3.63) is 41.7 Å². The van der Waals surface area contributed by atoms with Crippen LogP contribution in [-0.4, -0.2) is 14.7 Å².